The fraction of sp³-hybridized carbons (Fsp3) is 0.562. The summed E-state index contributed by atoms with van der Waals surface area (Å²) >= 11 is 3.30. The Kier molecular flexibility index (Phi) is 5.19. The van der Waals surface area contributed by atoms with Crippen molar-refractivity contribution in [1.82, 2.24) is 4.90 Å². The second-order valence-corrected chi connectivity index (χ2v) is 6.58. The van der Waals surface area contributed by atoms with Gasteiger partial charge in [-0.15, -0.1) is 0 Å². The van der Waals surface area contributed by atoms with Gasteiger partial charge in [-0.25, -0.2) is 4.39 Å². The SMILES string of the molecule is CC(C)N(C(=O)c1ccc(F)cc1Br)C1CCCCC1. The zero-order chi connectivity index (χ0) is 14.7. The van der Waals surface area contributed by atoms with E-state index in [2.05, 4.69) is 15.9 Å². The first-order valence-corrected chi connectivity index (χ1v) is 8.07. The molecule has 0 radical (unpaired) electrons. The lowest BCUT2D eigenvalue weighted by Gasteiger charge is -2.37. The van der Waals surface area contributed by atoms with Gasteiger partial charge < -0.3 is 4.90 Å². The Hall–Kier alpha value is -0.900. The summed E-state index contributed by atoms with van der Waals surface area (Å²) in [6.07, 6.45) is 5.78. The summed E-state index contributed by atoms with van der Waals surface area (Å²) in [5.41, 5.74) is 0.547. The highest BCUT2D eigenvalue weighted by atomic mass is 79.9. The number of benzene rings is 1. The lowest BCUT2D eigenvalue weighted by Crippen LogP contribution is -2.45. The molecule has 2 nitrogen and oxygen atoms in total. The minimum Gasteiger partial charge on any atom is -0.333 e. The molecule has 110 valence electrons. The lowest BCUT2D eigenvalue weighted by molar-refractivity contribution is 0.0554. The van der Waals surface area contributed by atoms with Crippen LogP contribution in [-0.2, 0) is 0 Å². The minimum atomic E-state index is -0.331. The Morgan fingerprint density at radius 1 is 1.30 bits per heavy atom. The van der Waals surface area contributed by atoms with E-state index in [1.165, 1.54) is 31.4 Å². The first kappa shape index (κ1) is 15.5. The van der Waals surface area contributed by atoms with Crippen molar-refractivity contribution in [2.75, 3.05) is 0 Å². The molecule has 0 atom stereocenters. The fourth-order valence-electron chi connectivity index (χ4n) is 2.98. The predicted molar refractivity (Wildman–Crippen MR) is 82.3 cm³/mol. The monoisotopic (exact) mass is 341 g/mol. The molecule has 1 aliphatic rings. The first-order chi connectivity index (χ1) is 9.50. The third-order valence-corrected chi connectivity index (χ3v) is 4.58. The zero-order valence-electron chi connectivity index (χ0n) is 12.0. The van der Waals surface area contributed by atoms with Gasteiger partial charge in [0.1, 0.15) is 5.82 Å². The van der Waals surface area contributed by atoms with Crippen LogP contribution in [0.4, 0.5) is 4.39 Å². The van der Waals surface area contributed by atoms with Crippen LogP contribution in [0.1, 0.15) is 56.3 Å². The topological polar surface area (TPSA) is 20.3 Å². The molecule has 20 heavy (non-hydrogen) atoms. The van der Waals surface area contributed by atoms with Crippen molar-refractivity contribution >= 4 is 21.8 Å². The molecule has 0 bridgehead atoms. The maximum absolute atomic E-state index is 13.2. The molecule has 0 spiro atoms. The van der Waals surface area contributed by atoms with Gasteiger partial charge in [0, 0.05) is 16.6 Å². The zero-order valence-corrected chi connectivity index (χ0v) is 13.6. The van der Waals surface area contributed by atoms with Crippen molar-refractivity contribution in [3.63, 3.8) is 0 Å². The molecular weight excluding hydrogens is 321 g/mol. The molecule has 1 saturated carbocycles. The van der Waals surface area contributed by atoms with E-state index in [1.807, 2.05) is 18.7 Å². The van der Waals surface area contributed by atoms with Crippen LogP contribution < -0.4 is 0 Å². The maximum Gasteiger partial charge on any atom is 0.255 e. The summed E-state index contributed by atoms with van der Waals surface area (Å²) in [4.78, 5) is 14.8. The van der Waals surface area contributed by atoms with Gasteiger partial charge in [0.25, 0.3) is 5.91 Å². The molecule has 0 saturated heterocycles. The van der Waals surface area contributed by atoms with Crippen LogP contribution in [0.15, 0.2) is 22.7 Å². The highest BCUT2D eigenvalue weighted by Gasteiger charge is 2.29. The van der Waals surface area contributed by atoms with E-state index in [0.29, 0.717) is 16.1 Å². The number of hydrogen-bond acceptors (Lipinski definition) is 1. The molecule has 0 N–H and O–H groups in total. The molecule has 2 rings (SSSR count). The van der Waals surface area contributed by atoms with E-state index >= 15 is 0 Å². The van der Waals surface area contributed by atoms with Crippen molar-refractivity contribution in [2.45, 2.75) is 58.0 Å². The Balaban J connectivity index is 2.26. The van der Waals surface area contributed by atoms with Crippen molar-refractivity contribution in [2.24, 2.45) is 0 Å². The number of carbonyl (C=O) groups is 1. The largest absolute Gasteiger partial charge is 0.333 e. The second kappa shape index (κ2) is 6.70. The third kappa shape index (κ3) is 3.40. The third-order valence-electron chi connectivity index (χ3n) is 3.92. The van der Waals surface area contributed by atoms with Crippen molar-refractivity contribution < 1.29 is 9.18 Å². The fourth-order valence-corrected chi connectivity index (χ4v) is 3.50. The molecule has 1 aromatic rings. The van der Waals surface area contributed by atoms with Gasteiger partial charge in [-0.05, 0) is 60.8 Å². The van der Waals surface area contributed by atoms with Crippen LogP contribution in [0.5, 0.6) is 0 Å². The van der Waals surface area contributed by atoms with Crippen LogP contribution >= 0.6 is 15.9 Å². The normalized spacial score (nSPS) is 16.4. The molecule has 0 heterocycles. The van der Waals surface area contributed by atoms with Crippen LogP contribution in [-0.4, -0.2) is 22.9 Å². The number of amides is 1. The van der Waals surface area contributed by atoms with Crippen molar-refractivity contribution in [3.05, 3.63) is 34.1 Å². The van der Waals surface area contributed by atoms with E-state index in [0.717, 1.165) is 12.8 Å². The summed E-state index contributed by atoms with van der Waals surface area (Å²) in [5, 5.41) is 0. The Morgan fingerprint density at radius 2 is 1.95 bits per heavy atom. The second-order valence-electron chi connectivity index (χ2n) is 5.72. The van der Waals surface area contributed by atoms with Gasteiger partial charge >= 0.3 is 0 Å². The summed E-state index contributed by atoms with van der Waals surface area (Å²) in [7, 11) is 0. The molecule has 4 heteroatoms. The number of carbonyl (C=O) groups excluding carboxylic acids is 1. The van der Waals surface area contributed by atoms with Gasteiger partial charge in [0.2, 0.25) is 0 Å². The quantitative estimate of drug-likeness (QED) is 0.775. The highest BCUT2D eigenvalue weighted by molar-refractivity contribution is 9.10. The van der Waals surface area contributed by atoms with Gasteiger partial charge in [-0.2, -0.15) is 0 Å². The van der Waals surface area contributed by atoms with Gasteiger partial charge in [0.05, 0.1) is 5.56 Å². The summed E-state index contributed by atoms with van der Waals surface area (Å²) in [6.45, 7) is 4.09. The summed E-state index contributed by atoms with van der Waals surface area (Å²) < 4.78 is 13.7. The lowest BCUT2D eigenvalue weighted by atomic mass is 9.93. The number of hydrogen-bond donors (Lipinski definition) is 0. The van der Waals surface area contributed by atoms with Gasteiger partial charge in [0.15, 0.2) is 0 Å². The van der Waals surface area contributed by atoms with E-state index in [9.17, 15) is 9.18 Å². The van der Waals surface area contributed by atoms with Crippen LogP contribution in [0.2, 0.25) is 0 Å². The molecule has 1 amide bonds. The van der Waals surface area contributed by atoms with Crippen molar-refractivity contribution in [1.29, 1.82) is 0 Å². The Bertz CT molecular complexity index is 483. The standard InChI is InChI=1S/C16H21BrFNO/c1-11(2)19(13-6-4-3-5-7-13)16(20)14-9-8-12(18)10-15(14)17/h8-11,13H,3-7H2,1-2H3. The van der Waals surface area contributed by atoms with Crippen LogP contribution in [0, 0.1) is 5.82 Å². The Labute approximate surface area is 128 Å². The average molecular weight is 342 g/mol. The van der Waals surface area contributed by atoms with E-state index in [4.69, 9.17) is 0 Å². The molecular formula is C16H21BrFNO. The first-order valence-electron chi connectivity index (χ1n) is 7.28. The van der Waals surface area contributed by atoms with E-state index < -0.39 is 0 Å². The highest BCUT2D eigenvalue weighted by Crippen LogP contribution is 2.28. The summed E-state index contributed by atoms with van der Waals surface area (Å²) in [6, 6.07) is 4.74. The molecule has 0 unspecified atom stereocenters. The summed E-state index contributed by atoms with van der Waals surface area (Å²) in [5.74, 6) is -0.332. The van der Waals surface area contributed by atoms with Crippen LogP contribution in [0.3, 0.4) is 0 Å². The van der Waals surface area contributed by atoms with Crippen LogP contribution in [0.25, 0.3) is 0 Å². The number of nitrogens with zero attached hydrogens (tertiary/aromatic N) is 1. The smallest absolute Gasteiger partial charge is 0.255 e. The number of halogens is 2. The van der Waals surface area contributed by atoms with E-state index in [-0.39, 0.29) is 17.8 Å². The molecule has 0 aliphatic heterocycles. The minimum absolute atomic E-state index is 0.00113. The number of rotatable bonds is 3. The predicted octanol–water partition coefficient (Wildman–Crippen LogP) is 4.77. The average Bonchev–Trinajstić information content (AvgIpc) is 2.39. The van der Waals surface area contributed by atoms with Crippen molar-refractivity contribution in [3.8, 4) is 0 Å². The van der Waals surface area contributed by atoms with E-state index in [1.54, 1.807) is 6.07 Å². The molecule has 1 aromatic carbocycles. The Morgan fingerprint density at radius 3 is 2.50 bits per heavy atom. The van der Waals surface area contributed by atoms with Gasteiger partial charge in [-0.1, -0.05) is 19.3 Å². The molecule has 1 aliphatic carbocycles. The maximum atomic E-state index is 13.2. The molecule has 1 fully saturated rings. The van der Waals surface area contributed by atoms with Gasteiger partial charge in [-0.3, -0.25) is 4.79 Å². The molecule has 0 aromatic heterocycles.